The third-order valence-electron chi connectivity index (χ3n) is 3.15. The zero-order chi connectivity index (χ0) is 15.0. The number of nitrogens with zero attached hydrogens (tertiary/aromatic N) is 1. The number of hydrogen-bond acceptors (Lipinski definition) is 3. The van der Waals surface area contributed by atoms with Gasteiger partial charge in [0.1, 0.15) is 11.5 Å². The van der Waals surface area contributed by atoms with Crippen LogP contribution in [0.2, 0.25) is 0 Å². The van der Waals surface area contributed by atoms with E-state index < -0.39 is 11.7 Å². The highest BCUT2D eigenvalue weighted by Crippen LogP contribution is 2.21. The SMILES string of the molecule is NC(=O)c1cccc(C(=O)c2c[nH]c3ncc(F)cc23)c1. The Hall–Kier alpha value is -3.02. The van der Waals surface area contributed by atoms with E-state index in [0.717, 1.165) is 6.20 Å². The molecule has 0 radical (unpaired) electrons. The van der Waals surface area contributed by atoms with Gasteiger partial charge in [0, 0.05) is 28.3 Å². The molecule has 0 bridgehead atoms. The Kier molecular flexibility index (Phi) is 2.98. The number of carbonyl (C=O) groups excluding carboxylic acids is 2. The van der Waals surface area contributed by atoms with E-state index in [0.29, 0.717) is 22.2 Å². The Morgan fingerprint density at radius 2 is 1.95 bits per heavy atom. The van der Waals surface area contributed by atoms with E-state index in [-0.39, 0.29) is 11.3 Å². The van der Waals surface area contributed by atoms with Crippen LogP contribution in [0.25, 0.3) is 11.0 Å². The molecule has 0 aliphatic carbocycles. The van der Waals surface area contributed by atoms with Gasteiger partial charge in [0.15, 0.2) is 5.78 Å². The summed E-state index contributed by atoms with van der Waals surface area (Å²) in [5.74, 6) is -1.48. The zero-order valence-electron chi connectivity index (χ0n) is 10.8. The van der Waals surface area contributed by atoms with Gasteiger partial charge in [-0.1, -0.05) is 12.1 Å². The van der Waals surface area contributed by atoms with Gasteiger partial charge in [-0.3, -0.25) is 9.59 Å². The van der Waals surface area contributed by atoms with Crippen LogP contribution in [0.15, 0.2) is 42.7 Å². The van der Waals surface area contributed by atoms with E-state index in [4.69, 9.17) is 5.73 Å². The van der Waals surface area contributed by atoms with Crippen molar-refractivity contribution in [1.82, 2.24) is 9.97 Å². The molecule has 0 fully saturated rings. The predicted molar refractivity (Wildman–Crippen MR) is 74.4 cm³/mol. The lowest BCUT2D eigenvalue weighted by atomic mass is 10.0. The normalized spacial score (nSPS) is 10.7. The molecule has 21 heavy (non-hydrogen) atoms. The van der Waals surface area contributed by atoms with Crippen molar-refractivity contribution in [2.24, 2.45) is 5.73 Å². The summed E-state index contributed by atoms with van der Waals surface area (Å²) in [7, 11) is 0. The third kappa shape index (κ3) is 2.27. The first-order chi connectivity index (χ1) is 10.1. The van der Waals surface area contributed by atoms with E-state index in [2.05, 4.69) is 9.97 Å². The van der Waals surface area contributed by atoms with Gasteiger partial charge in [-0.05, 0) is 18.2 Å². The molecule has 3 N–H and O–H groups in total. The molecular weight excluding hydrogens is 273 g/mol. The van der Waals surface area contributed by atoms with E-state index in [9.17, 15) is 14.0 Å². The molecule has 2 heterocycles. The van der Waals surface area contributed by atoms with Crippen LogP contribution < -0.4 is 5.73 Å². The maximum atomic E-state index is 13.3. The minimum absolute atomic E-state index is 0.241. The van der Waals surface area contributed by atoms with Gasteiger partial charge in [0.2, 0.25) is 5.91 Å². The lowest BCUT2D eigenvalue weighted by Crippen LogP contribution is -2.12. The van der Waals surface area contributed by atoms with E-state index in [1.807, 2.05) is 0 Å². The van der Waals surface area contributed by atoms with Crippen molar-refractivity contribution in [2.45, 2.75) is 0 Å². The first-order valence-corrected chi connectivity index (χ1v) is 6.13. The van der Waals surface area contributed by atoms with Crippen LogP contribution in [0.5, 0.6) is 0 Å². The quantitative estimate of drug-likeness (QED) is 0.721. The lowest BCUT2D eigenvalue weighted by Gasteiger charge is -2.02. The molecule has 1 aromatic carbocycles. The molecule has 0 spiro atoms. The second-order valence-corrected chi connectivity index (χ2v) is 4.53. The van der Waals surface area contributed by atoms with Crippen LogP contribution in [0.3, 0.4) is 0 Å². The number of amides is 1. The zero-order valence-corrected chi connectivity index (χ0v) is 10.8. The fourth-order valence-corrected chi connectivity index (χ4v) is 2.13. The number of aromatic nitrogens is 2. The van der Waals surface area contributed by atoms with Crippen LogP contribution in [-0.4, -0.2) is 21.7 Å². The molecule has 0 aliphatic rings. The number of benzene rings is 1. The summed E-state index contributed by atoms with van der Waals surface area (Å²) >= 11 is 0. The molecule has 104 valence electrons. The second kappa shape index (κ2) is 4.82. The smallest absolute Gasteiger partial charge is 0.248 e. The highest BCUT2D eigenvalue weighted by molar-refractivity contribution is 6.16. The Labute approximate surface area is 118 Å². The first kappa shape index (κ1) is 13.0. The summed E-state index contributed by atoms with van der Waals surface area (Å²) in [5, 5.41) is 0.393. The standard InChI is InChI=1S/C15H10FN3O2/c16-10-5-11-12(7-19-15(11)18-6-10)13(20)8-2-1-3-9(4-8)14(17)21/h1-7H,(H2,17,21)(H,18,19). The van der Waals surface area contributed by atoms with Crippen molar-refractivity contribution < 1.29 is 14.0 Å². The number of primary amides is 1. The number of hydrogen-bond donors (Lipinski definition) is 2. The monoisotopic (exact) mass is 283 g/mol. The van der Waals surface area contributed by atoms with Crippen LogP contribution in [0.1, 0.15) is 26.3 Å². The van der Waals surface area contributed by atoms with Crippen molar-refractivity contribution in [3.05, 3.63) is 65.2 Å². The summed E-state index contributed by atoms with van der Waals surface area (Å²) < 4.78 is 13.3. The molecule has 0 aliphatic heterocycles. The fraction of sp³-hybridized carbons (Fsp3) is 0. The number of rotatable bonds is 3. The average Bonchev–Trinajstić information content (AvgIpc) is 2.89. The molecule has 0 unspecified atom stereocenters. The molecule has 0 saturated carbocycles. The van der Waals surface area contributed by atoms with Gasteiger partial charge in [-0.2, -0.15) is 0 Å². The van der Waals surface area contributed by atoms with E-state index >= 15 is 0 Å². The molecular formula is C15H10FN3O2. The maximum Gasteiger partial charge on any atom is 0.248 e. The summed E-state index contributed by atoms with van der Waals surface area (Å²) in [6.45, 7) is 0. The second-order valence-electron chi connectivity index (χ2n) is 4.53. The number of ketones is 1. The van der Waals surface area contributed by atoms with E-state index in [1.54, 1.807) is 12.1 Å². The van der Waals surface area contributed by atoms with Gasteiger partial charge in [0.05, 0.1) is 6.20 Å². The Morgan fingerprint density at radius 1 is 1.19 bits per heavy atom. The summed E-state index contributed by atoms with van der Waals surface area (Å²) in [6.07, 6.45) is 2.54. The number of H-pyrrole nitrogens is 1. The largest absolute Gasteiger partial charge is 0.366 e. The lowest BCUT2D eigenvalue weighted by molar-refractivity contribution is 0.1000. The minimum atomic E-state index is -0.615. The van der Waals surface area contributed by atoms with E-state index in [1.165, 1.54) is 24.4 Å². The summed E-state index contributed by atoms with van der Waals surface area (Å²) in [4.78, 5) is 30.3. The Morgan fingerprint density at radius 3 is 2.71 bits per heavy atom. The van der Waals surface area contributed by atoms with Crippen molar-refractivity contribution in [1.29, 1.82) is 0 Å². The third-order valence-corrected chi connectivity index (χ3v) is 3.15. The fourth-order valence-electron chi connectivity index (χ4n) is 2.13. The van der Waals surface area contributed by atoms with Crippen molar-refractivity contribution >= 4 is 22.7 Å². The molecule has 2 aromatic heterocycles. The summed E-state index contributed by atoms with van der Waals surface area (Å²) in [6, 6.07) is 7.32. The minimum Gasteiger partial charge on any atom is -0.366 e. The molecule has 5 nitrogen and oxygen atoms in total. The molecule has 0 atom stereocenters. The van der Waals surface area contributed by atoms with Crippen LogP contribution in [-0.2, 0) is 0 Å². The number of nitrogens with two attached hydrogens (primary N) is 1. The van der Waals surface area contributed by atoms with Crippen molar-refractivity contribution in [3.63, 3.8) is 0 Å². The molecule has 6 heteroatoms. The number of aromatic amines is 1. The molecule has 3 aromatic rings. The van der Waals surface area contributed by atoms with Gasteiger partial charge in [-0.25, -0.2) is 9.37 Å². The van der Waals surface area contributed by atoms with Gasteiger partial charge >= 0.3 is 0 Å². The number of pyridine rings is 1. The number of halogens is 1. The Balaban J connectivity index is 2.10. The molecule has 1 amide bonds. The summed E-state index contributed by atoms with van der Waals surface area (Å²) in [5.41, 5.74) is 6.45. The number of nitrogens with one attached hydrogen (secondary N) is 1. The first-order valence-electron chi connectivity index (χ1n) is 6.13. The number of carbonyl (C=O) groups is 2. The highest BCUT2D eigenvalue weighted by Gasteiger charge is 2.16. The molecule has 0 saturated heterocycles. The van der Waals surface area contributed by atoms with Gasteiger partial charge in [-0.15, -0.1) is 0 Å². The highest BCUT2D eigenvalue weighted by atomic mass is 19.1. The van der Waals surface area contributed by atoms with Crippen molar-refractivity contribution in [2.75, 3.05) is 0 Å². The van der Waals surface area contributed by atoms with Crippen LogP contribution >= 0.6 is 0 Å². The maximum absolute atomic E-state index is 13.3. The van der Waals surface area contributed by atoms with Gasteiger partial charge in [0.25, 0.3) is 0 Å². The average molecular weight is 283 g/mol. The topological polar surface area (TPSA) is 88.8 Å². The van der Waals surface area contributed by atoms with Crippen LogP contribution in [0.4, 0.5) is 4.39 Å². The van der Waals surface area contributed by atoms with Crippen LogP contribution in [0, 0.1) is 5.82 Å². The predicted octanol–water partition coefficient (Wildman–Crippen LogP) is 2.03. The van der Waals surface area contributed by atoms with Gasteiger partial charge < -0.3 is 10.7 Å². The number of fused-ring (bicyclic) bond motifs is 1. The van der Waals surface area contributed by atoms with Crippen molar-refractivity contribution in [3.8, 4) is 0 Å². The Bertz CT molecular complexity index is 870. The molecule has 3 rings (SSSR count).